The highest BCUT2D eigenvalue weighted by Crippen LogP contribution is 2.46. The van der Waals surface area contributed by atoms with Crippen LogP contribution in [0, 0.1) is 17.2 Å². The lowest BCUT2D eigenvalue weighted by molar-refractivity contribution is -0.270. The van der Waals surface area contributed by atoms with Gasteiger partial charge in [0.2, 0.25) is 17.7 Å². The van der Waals surface area contributed by atoms with Gasteiger partial charge in [0.1, 0.15) is 18.1 Å². The van der Waals surface area contributed by atoms with Crippen LogP contribution >= 0.6 is 0 Å². The Hall–Kier alpha value is -3.76. The van der Waals surface area contributed by atoms with E-state index in [-0.39, 0.29) is 37.8 Å². The van der Waals surface area contributed by atoms with E-state index in [1.165, 1.54) is 17.1 Å². The maximum Gasteiger partial charge on any atom is 0.463 e. The Morgan fingerprint density at radius 3 is 2.38 bits per heavy atom. The topological polar surface area (TPSA) is 123 Å². The highest BCUT2D eigenvalue weighted by atomic mass is 19.4. The fraction of sp³-hybridized carbons (Fsp3) is 0.577. The number of hydrogen-bond donors (Lipinski definition) is 2. The standard InChI is InChI=1S/C26H30F5N5O4/c1-5-35(20(37)15(4)33-23(40)25(27,28)26(29,30)31)19(10-14(2)3)21(38)36-13-24(11-16(36)12-32)17-8-6-7-9-18(17)34-22(24)39/h6-9,14-16,19H,5,10-11,13H2,1-4H3,(H,33,40)(H,34,39)/t15-,16-,19-,24-/m0/s1. The monoisotopic (exact) mass is 571 g/mol. The summed E-state index contributed by atoms with van der Waals surface area (Å²) in [5, 5.41) is 14.1. The van der Waals surface area contributed by atoms with Gasteiger partial charge in [0, 0.05) is 25.2 Å². The van der Waals surface area contributed by atoms with E-state index in [0.29, 0.717) is 11.3 Å². The first kappa shape index (κ1) is 30.8. The average Bonchev–Trinajstić information content (AvgIpc) is 3.40. The number of alkyl halides is 5. The van der Waals surface area contributed by atoms with E-state index >= 15 is 0 Å². The summed E-state index contributed by atoms with van der Waals surface area (Å²) in [4.78, 5) is 54.1. The van der Waals surface area contributed by atoms with E-state index in [2.05, 4.69) is 5.32 Å². The third kappa shape index (κ3) is 5.33. The van der Waals surface area contributed by atoms with Crippen molar-refractivity contribution in [2.24, 2.45) is 5.92 Å². The van der Waals surface area contributed by atoms with Gasteiger partial charge in [-0.05, 0) is 37.8 Å². The van der Waals surface area contributed by atoms with Crippen LogP contribution in [0.5, 0.6) is 0 Å². The van der Waals surface area contributed by atoms with Crippen LogP contribution in [0.2, 0.25) is 0 Å². The molecule has 0 bridgehead atoms. The maximum atomic E-state index is 13.9. The molecule has 14 heteroatoms. The lowest BCUT2D eigenvalue weighted by atomic mass is 9.80. The third-order valence-electron chi connectivity index (χ3n) is 7.25. The van der Waals surface area contributed by atoms with Crippen molar-refractivity contribution in [1.29, 1.82) is 5.26 Å². The van der Waals surface area contributed by atoms with Crippen LogP contribution in [0.4, 0.5) is 27.6 Å². The minimum atomic E-state index is -6.16. The van der Waals surface area contributed by atoms with Gasteiger partial charge in [0.25, 0.3) is 0 Å². The number of carbonyl (C=O) groups excluding carboxylic acids is 4. The maximum absolute atomic E-state index is 13.9. The average molecular weight is 572 g/mol. The Bertz CT molecular complexity index is 1230. The second-order valence-electron chi connectivity index (χ2n) is 10.4. The van der Waals surface area contributed by atoms with Gasteiger partial charge in [-0.25, -0.2) is 0 Å². The minimum Gasteiger partial charge on any atom is -0.339 e. The van der Waals surface area contributed by atoms with Gasteiger partial charge in [-0.3, -0.25) is 19.2 Å². The predicted octanol–water partition coefficient (Wildman–Crippen LogP) is 2.97. The zero-order chi connectivity index (χ0) is 30.2. The largest absolute Gasteiger partial charge is 0.463 e. The molecule has 2 heterocycles. The van der Waals surface area contributed by atoms with E-state index < -0.39 is 53.4 Å². The number of hydrogen-bond acceptors (Lipinski definition) is 5. The molecule has 2 aliphatic heterocycles. The van der Waals surface area contributed by atoms with Crippen molar-refractivity contribution < 1.29 is 41.1 Å². The number of halogens is 5. The summed E-state index contributed by atoms with van der Waals surface area (Å²) in [5.74, 6) is -10.7. The summed E-state index contributed by atoms with van der Waals surface area (Å²) in [5.41, 5.74) is -0.00955. The Labute approximate surface area is 227 Å². The van der Waals surface area contributed by atoms with Crippen molar-refractivity contribution in [3.8, 4) is 6.07 Å². The molecular formula is C26H30F5N5O4. The zero-order valence-corrected chi connectivity index (χ0v) is 22.3. The Morgan fingerprint density at radius 2 is 1.82 bits per heavy atom. The number of amides is 4. The molecule has 1 aromatic carbocycles. The molecule has 218 valence electrons. The molecule has 0 saturated carbocycles. The SMILES string of the molecule is CCN(C(=O)[C@H](C)NC(=O)C(F)(F)C(F)(F)F)[C@@H](CC(C)C)C(=O)N1C[C@]2(C[C@H]1C#N)C(=O)Nc1ccccc12. The van der Waals surface area contributed by atoms with Crippen LogP contribution in [-0.2, 0) is 24.6 Å². The number of carbonyl (C=O) groups is 4. The first-order valence-corrected chi connectivity index (χ1v) is 12.7. The van der Waals surface area contributed by atoms with E-state index in [9.17, 15) is 46.4 Å². The quantitative estimate of drug-likeness (QED) is 0.465. The van der Waals surface area contributed by atoms with Crippen LogP contribution < -0.4 is 10.6 Å². The second-order valence-corrected chi connectivity index (χ2v) is 10.4. The first-order valence-electron chi connectivity index (χ1n) is 12.7. The summed E-state index contributed by atoms with van der Waals surface area (Å²) in [6.07, 6.45) is -6.10. The molecule has 0 aromatic heterocycles. The number of rotatable bonds is 8. The fourth-order valence-corrected chi connectivity index (χ4v) is 5.24. The lowest BCUT2D eigenvalue weighted by Gasteiger charge is -2.36. The number of nitriles is 1. The van der Waals surface area contributed by atoms with Gasteiger partial charge in [0.05, 0.1) is 11.5 Å². The molecule has 9 nitrogen and oxygen atoms in total. The number of para-hydroxylation sites is 1. The summed E-state index contributed by atoms with van der Waals surface area (Å²) >= 11 is 0. The van der Waals surface area contributed by atoms with Crippen LogP contribution in [0.25, 0.3) is 0 Å². The van der Waals surface area contributed by atoms with Gasteiger partial charge in [-0.1, -0.05) is 32.0 Å². The molecule has 40 heavy (non-hydrogen) atoms. The molecule has 4 atom stereocenters. The highest BCUT2D eigenvalue weighted by Gasteiger charge is 2.64. The van der Waals surface area contributed by atoms with E-state index in [1.807, 2.05) is 6.07 Å². The highest BCUT2D eigenvalue weighted by molar-refractivity contribution is 6.07. The minimum absolute atomic E-state index is 0.00550. The molecule has 1 aromatic rings. The first-order chi connectivity index (χ1) is 18.5. The number of nitrogens with one attached hydrogen (secondary N) is 2. The van der Waals surface area contributed by atoms with Crippen molar-refractivity contribution in [2.45, 2.75) is 76.2 Å². The van der Waals surface area contributed by atoms with Gasteiger partial charge in [-0.15, -0.1) is 0 Å². The van der Waals surface area contributed by atoms with Crippen molar-refractivity contribution in [3.05, 3.63) is 29.8 Å². The van der Waals surface area contributed by atoms with Crippen LogP contribution in [0.3, 0.4) is 0 Å². The third-order valence-corrected chi connectivity index (χ3v) is 7.25. The van der Waals surface area contributed by atoms with Gasteiger partial charge in [-0.2, -0.15) is 27.2 Å². The molecule has 1 spiro atoms. The molecule has 4 amide bonds. The van der Waals surface area contributed by atoms with Crippen LogP contribution in [0.1, 0.15) is 46.1 Å². The van der Waals surface area contributed by atoms with Crippen molar-refractivity contribution >= 4 is 29.3 Å². The van der Waals surface area contributed by atoms with Gasteiger partial charge in [0.15, 0.2) is 0 Å². The molecule has 2 aliphatic rings. The smallest absolute Gasteiger partial charge is 0.339 e. The second kappa shape index (κ2) is 11.0. The lowest BCUT2D eigenvalue weighted by Crippen LogP contribution is -2.59. The number of nitrogens with zero attached hydrogens (tertiary/aromatic N) is 3. The summed E-state index contributed by atoms with van der Waals surface area (Å²) in [7, 11) is 0. The van der Waals surface area contributed by atoms with Gasteiger partial charge < -0.3 is 20.4 Å². The normalized spacial score (nSPS) is 22.0. The molecule has 0 aliphatic carbocycles. The fourth-order valence-electron chi connectivity index (χ4n) is 5.24. The molecule has 1 fully saturated rings. The molecule has 2 N–H and O–H groups in total. The number of fused-ring (bicyclic) bond motifs is 2. The van der Waals surface area contributed by atoms with Crippen molar-refractivity contribution in [3.63, 3.8) is 0 Å². The molecule has 3 rings (SSSR count). The molecule has 1 saturated heterocycles. The Balaban J connectivity index is 1.90. The number of anilines is 1. The summed E-state index contributed by atoms with van der Waals surface area (Å²) < 4.78 is 64.8. The van der Waals surface area contributed by atoms with Crippen LogP contribution in [-0.4, -0.2) is 76.7 Å². The van der Waals surface area contributed by atoms with Crippen molar-refractivity contribution in [1.82, 2.24) is 15.1 Å². The Morgan fingerprint density at radius 1 is 1.20 bits per heavy atom. The predicted molar refractivity (Wildman–Crippen MR) is 132 cm³/mol. The zero-order valence-electron chi connectivity index (χ0n) is 22.3. The van der Waals surface area contributed by atoms with Crippen molar-refractivity contribution in [2.75, 3.05) is 18.4 Å². The van der Waals surface area contributed by atoms with Crippen LogP contribution in [0.15, 0.2) is 24.3 Å². The summed E-state index contributed by atoms with van der Waals surface area (Å²) in [6.45, 7) is 5.61. The van der Waals surface area contributed by atoms with E-state index in [4.69, 9.17) is 0 Å². The molecule has 0 radical (unpaired) electrons. The molecular weight excluding hydrogens is 541 g/mol. The summed E-state index contributed by atoms with van der Waals surface area (Å²) in [6, 6.07) is 4.82. The Kier molecular flexibility index (Phi) is 8.48. The van der Waals surface area contributed by atoms with E-state index in [1.54, 1.807) is 38.1 Å². The number of benzene rings is 1. The number of likely N-dealkylation sites (tertiary alicyclic amines) is 1. The molecule has 0 unspecified atom stereocenters. The van der Waals surface area contributed by atoms with E-state index in [0.717, 1.165) is 11.8 Å². The number of likely N-dealkylation sites (N-methyl/N-ethyl adjacent to an activating group) is 1. The van der Waals surface area contributed by atoms with Gasteiger partial charge >= 0.3 is 18.0 Å².